The number of sulfonamides is 1. The van der Waals surface area contributed by atoms with Crippen LogP contribution in [0.15, 0.2) is 48.5 Å². The molecule has 2 aromatic rings. The van der Waals surface area contributed by atoms with Crippen molar-refractivity contribution in [3.05, 3.63) is 53.6 Å². The highest BCUT2D eigenvalue weighted by molar-refractivity contribution is 7.92. The molecule has 6 nitrogen and oxygen atoms in total. The lowest BCUT2D eigenvalue weighted by Crippen LogP contribution is -2.32. The normalized spacial score (nSPS) is 12.3. The van der Waals surface area contributed by atoms with Crippen molar-refractivity contribution in [2.24, 2.45) is 0 Å². The molecule has 8 heteroatoms. The van der Waals surface area contributed by atoms with Crippen molar-refractivity contribution in [3.63, 3.8) is 0 Å². The van der Waals surface area contributed by atoms with E-state index in [-0.39, 0.29) is 5.91 Å². The maximum atomic E-state index is 12.4. The standard InChI is InChI=1S/C18H21ClN2O4S/c1-4-17(18(22)20-14-7-5-13(19)6-8-14)25-16-11-9-15(10-12-16)21(2)26(3,23)24/h5-12,17H,4H2,1-3H3,(H,20,22). The molecule has 1 unspecified atom stereocenters. The summed E-state index contributed by atoms with van der Waals surface area (Å²) < 4.78 is 30.0. The lowest BCUT2D eigenvalue weighted by Gasteiger charge is -2.19. The molecule has 0 aliphatic carbocycles. The van der Waals surface area contributed by atoms with Gasteiger partial charge in [-0.1, -0.05) is 18.5 Å². The minimum absolute atomic E-state index is 0.271. The van der Waals surface area contributed by atoms with Crippen LogP contribution < -0.4 is 14.4 Å². The zero-order valence-corrected chi connectivity index (χ0v) is 16.3. The molecule has 26 heavy (non-hydrogen) atoms. The number of ether oxygens (including phenoxy) is 1. The van der Waals surface area contributed by atoms with Gasteiger partial charge in [0.1, 0.15) is 5.75 Å². The van der Waals surface area contributed by atoms with Crippen LogP contribution in [0.1, 0.15) is 13.3 Å². The van der Waals surface area contributed by atoms with Gasteiger partial charge in [-0.3, -0.25) is 9.10 Å². The van der Waals surface area contributed by atoms with E-state index in [0.717, 1.165) is 6.26 Å². The lowest BCUT2D eigenvalue weighted by atomic mass is 10.2. The Labute approximate surface area is 158 Å². The van der Waals surface area contributed by atoms with Gasteiger partial charge < -0.3 is 10.1 Å². The van der Waals surface area contributed by atoms with Gasteiger partial charge in [0.25, 0.3) is 5.91 Å². The van der Waals surface area contributed by atoms with Gasteiger partial charge in [-0.25, -0.2) is 8.42 Å². The van der Waals surface area contributed by atoms with Crippen molar-refractivity contribution in [1.82, 2.24) is 0 Å². The van der Waals surface area contributed by atoms with Gasteiger partial charge in [0.2, 0.25) is 10.0 Å². The van der Waals surface area contributed by atoms with Gasteiger partial charge in [0.15, 0.2) is 6.10 Å². The van der Waals surface area contributed by atoms with Crippen molar-refractivity contribution >= 4 is 38.9 Å². The van der Waals surface area contributed by atoms with Gasteiger partial charge in [-0.05, 0) is 55.0 Å². The Balaban J connectivity index is 2.04. The van der Waals surface area contributed by atoms with Crippen LogP contribution in [0.25, 0.3) is 0 Å². The number of halogens is 1. The zero-order chi connectivity index (χ0) is 19.3. The average Bonchev–Trinajstić information content (AvgIpc) is 2.60. The van der Waals surface area contributed by atoms with Crippen LogP contribution in [-0.2, 0) is 14.8 Å². The van der Waals surface area contributed by atoms with E-state index in [1.807, 2.05) is 6.92 Å². The number of carbonyl (C=O) groups is 1. The molecule has 0 saturated carbocycles. The van der Waals surface area contributed by atoms with E-state index in [1.165, 1.54) is 11.4 Å². The predicted molar refractivity (Wildman–Crippen MR) is 104 cm³/mol. The van der Waals surface area contributed by atoms with Crippen molar-refractivity contribution in [2.75, 3.05) is 22.9 Å². The van der Waals surface area contributed by atoms with E-state index in [9.17, 15) is 13.2 Å². The first-order valence-electron chi connectivity index (χ1n) is 7.97. The third-order valence-electron chi connectivity index (χ3n) is 3.75. The van der Waals surface area contributed by atoms with Crippen LogP contribution in [0.3, 0.4) is 0 Å². The molecule has 0 aliphatic heterocycles. The summed E-state index contributed by atoms with van der Waals surface area (Å²) in [7, 11) is -1.86. The molecule has 0 aliphatic rings. The molecule has 0 radical (unpaired) electrons. The van der Waals surface area contributed by atoms with E-state index >= 15 is 0 Å². The molecule has 2 aromatic carbocycles. The maximum Gasteiger partial charge on any atom is 0.265 e. The molecule has 0 spiro atoms. The van der Waals surface area contributed by atoms with Gasteiger partial charge in [0, 0.05) is 17.8 Å². The number of nitrogens with one attached hydrogen (secondary N) is 1. The second-order valence-corrected chi connectivity index (χ2v) is 8.19. The van der Waals surface area contributed by atoms with E-state index in [1.54, 1.807) is 48.5 Å². The third-order valence-corrected chi connectivity index (χ3v) is 5.21. The summed E-state index contributed by atoms with van der Waals surface area (Å²) in [6.45, 7) is 1.85. The first-order valence-corrected chi connectivity index (χ1v) is 10.2. The fourth-order valence-electron chi connectivity index (χ4n) is 2.17. The predicted octanol–water partition coefficient (Wildman–Crippen LogP) is 3.53. The average molecular weight is 397 g/mol. The smallest absolute Gasteiger partial charge is 0.265 e. The summed E-state index contributed by atoms with van der Waals surface area (Å²) in [5.74, 6) is 0.209. The molecule has 1 amide bonds. The number of rotatable bonds is 7. The summed E-state index contributed by atoms with van der Waals surface area (Å²) in [6, 6.07) is 13.3. The summed E-state index contributed by atoms with van der Waals surface area (Å²) >= 11 is 5.83. The lowest BCUT2D eigenvalue weighted by molar-refractivity contribution is -0.122. The molecule has 1 atom stereocenters. The van der Waals surface area contributed by atoms with E-state index in [0.29, 0.717) is 28.6 Å². The molecular formula is C18H21ClN2O4S. The Morgan fingerprint density at radius 2 is 1.73 bits per heavy atom. The Bertz CT molecular complexity index is 852. The molecule has 1 N–H and O–H groups in total. The minimum Gasteiger partial charge on any atom is -0.481 e. The summed E-state index contributed by atoms with van der Waals surface area (Å²) in [4.78, 5) is 12.4. The molecule has 0 aromatic heterocycles. The second kappa shape index (κ2) is 8.42. The van der Waals surface area contributed by atoms with Crippen LogP contribution in [0.5, 0.6) is 5.75 Å². The number of nitrogens with zero attached hydrogens (tertiary/aromatic N) is 1. The number of hydrogen-bond donors (Lipinski definition) is 1. The van der Waals surface area contributed by atoms with Crippen molar-refractivity contribution in [3.8, 4) is 5.75 Å². The number of benzene rings is 2. The number of amides is 1. The van der Waals surface area contributed by atoms with Crippen molar-refractivity contribution < 1.29 is 17.9 Å². The minimum atomic E-state index is -3.33. The Morgan fingerprint density at radius 1 is 1.15 bits per heavy atom. The highest BCUT2D eigenvalue weighted by Gasteiger charge is 2.19. The Morgan fingerprint density at radius 3 is 2.23 bits per heavy atom. The fraction of sp³-hybridized carbons (Fsp3) is 0.278. The topological polar surface area (TPSA) is 75.7 Å². The summed E-state index contributed by atoms with van der Waals surface area (Å²) in [5.41, 5.74) is 1.14. The first kappa shape index (κ1) is 20.1. The largest absolute Gasteiger partial charge is 0.481 e. The third kappa shape index (κ3) is 5.37. The van der Waals surface area contributed by atoms with Gasteiger partial charge in [-0.2, -0.15) is 0 Å². The van der Waals surface area contributed by atoms with E-state index in [4.69, 9.17) is 16.3 Å². The van der Waals surface area contributed by atoms with E-state index < -0.39 is 16.1 Å². The first-order chi connectivity index (χ1) is 12.2. The molecule has 0 bridgehead atoms. The number of carbonyl (C=O) groups excluding carboxylic acids is 1. The highest BCUT2D eigenvalue weighted by atomic mass is 35.5. The molecule has 0 fully saturated rings. The zero-order valence-electron chi connectivity index (χ0n) is 14.8. The molecule has 140 valence electrons. The second-order valence-electron chi connectivity index (χ2n) is 5.74. The van der Waals surface area contributed by atoms with Crippen molar-refractivity contribution in [1.29, 1.82) is 0 Å². The van der Waals surface area contributed by atoms with Crippen LogP contribution in [0.4, 0.5) is 11.4 Å². The molecular weight excluding hydrogens is 376 g/mol. The monoisotopic (exact) mass is 396 g/mol. The number of anilines is 2. The molecule has 0 saturated heterocycles. The number of hydrogen-bond acceptors (Lipinski definition) is 4. The van der Waals surface area contributed by atoms with Gasteiger partial charge >= 0.3 is 0 Å². The Kier molecular flexibility index (Phi) is 6.50. The SMILES string of the molecule is CCC(Oc1ccc(N(C)S(C)(=O)=O)cc1)C(=O)Nc1ccc(Cl)cc1. The summed E-state index contributed by atoms with van der Waals surface area (Å²) in [6.07, 6.45) is 0.930. The molecule has 2 rings (SSSR count). The van der Waals surface area contributed by atoms with Crippen LogP contribution in [0, 0.1) is 0 Å². The Hall–Kier alpha value is -2.25. The fourth-order valence-corrected chi connectivity index (χ4v) is 2.80. The maximum absolute atomic E-state index is 12.4. The van der Waals surface area contributed by atoms with Gasteiger partial charge in [-0.15, -0.1) is 0 Å². The van der Waals surface area contributed by atoms with Crippen LogP contribution in [0.2, 0.25) is 5.02 Å². The quantitative estimate of drug-likeness (QED) is 0.776. The van der Waals surface area contributed by atoms with Crippen molar-refractivity contribution in [2.45, 2.75) is 19.4 Å². The van der Waals surface area contributed by atoms with E-state index in [2.05, 4.69) is 5.32 Å². The van der Waals surface area contributed by atoms with Crippen LogP contribution >= 0.6 is 11.6 Å². The highest BCUT2D eigenvalue weighted by Crippen LogP contribution is 2.22. The molecule has 0 heterocycles. The van der Waals surface area contributed by atoms with Crippen LogP contribution in [-0.4, -0.2) is 33.7 Å². The summed E-state index contributed by atoms with van der Waals surface area (Å²) in [5, 5.41) is 3.37. The van der Waals surface area contributed by atoms with Gasteiger partial charge in [0.05, 0.1) is 11.9 Å².